The van der Waals surface area contributed by atoms with E-state index in [1.165, 1.54) is 0 Å². The molecule has 0 aliphatic heterocycles. The predicted molar refractivity (Wildman–Crippen MR) is 72.3 cm³/mol. The van der Waals surface area contributed by atoms with Gasteiger partial charge in [0.25, 0.3) is 0 Å². The summed E-state index contributed by atoms with van der Waals surface area (Å²) in [5, 5.41) is 3.19. The first kappa shape index (κ1) is 11.3. The topological polar surface area (TPSA) is 77.0 Å². The van der Waals surface area contributed by atoms with E-state index in [0.29, 0.717) is 11.5 Å². The minimum Gasteiger partial charge on any atom is -0.398 e. The number of nitrogens with zero attached hydrogens (tertiary/aromatic N) is 1. The molecule has 0 spiro atoms. The minimum atomic E-state index is 0.617. The molecule has 4 heteroatoms. The van der Waals surface area contributed by atoms with Gasteiger partial charge in [0.05, 0.1) is 5.69 Å². The van der Waals surface area contributed by atoms with Crippen molar-refractivity contribution in [2.75, 3.05) is 16.8 Å². The molecule has 0 saturated heterocycles. The van der Waals surface area contributed by atoms with Crippen molar-refractivity contribution in [1.82, 2.24) is 4.98 Å². The summed E-state index contributed by atoms with van der Waals surface area (Å²) in [7, 11) is 0. The van der Waals surface area contributed by atoms with E-state index in [2.05, 4.69) is 10.3 Å². The van der Waals surface area contributed by atoms with Crippen LogP contribution in [-0.4, -0.2) is 4.98 Å². The standard InChI is InChI=1S/C13H16N4/c1-8-5-6-11(9(2)12(8)15)17-13-10(14)4-3-7-16-13/h3-7H,14-15H2,1-2H3,(H,16,17). The summed E-state index contributed by atoms with van der Waals surface area (Å²) in [6.07, 6.45) is 1.70. The van der Waals surface area contributed by atoms with Crippen LogP contribution >= 0.6 is 0 Å². The molecule has 88 valence electrons. The van der Waals surface area contributed by atoms with Crippen LogP contribution in [0.4, 0.5) is 22.9 Å². The highest BCUT2D eigenvalue weighted by Gasteiger charge is 2.06. The number of hydrogen-bond donors (Lipinski definition) is 3. The smallest absolute Gasteiger partial charge is 0.153 e. The zero-order valence-corrected chi connectivity index (χ0v) is 9.99. The van der Waals surface area contributed by atoms with Gasteiger partial charge in [0, 0.05) is 17.6 Å². The molecular weight excluding hydrogens is 212 g/mol. The van der Waals surface area contributed by atoms with Gasteiger partial charge in [-0.3, -0.25) is 0 Å². The highest BCUT2D eigenvalue weighted by atomic mass is 15.0. The third kappa shape index (κ3) is 2.15. The Morgan fingerprint density at radius 2 is 1.88 bits per heavy atom. The second-order valence-corrected chi connectivity index (χ2v) is 4.03. The fourth-order valence-corrected chi connectivity index (χ4v) is 1.65. The van der Waals surface area contributed by atoms with E-state index in [-0.39, 0.29) is 0 Å². The summed E-state index contributed by atoms with van der Waals surface area (Å²) in [5.41, 5.74) is 16.2. The summed E-state index contributed by atoms with van der Waals surface area (Å²) in [4.78, 5) is 4.19. The molecular formula is C13H16N4. The average molecular weight is 228 g/mol. The van der Waals surface area contributed by atoms with E-state index in [4.69, 9.17) is 11.5 Å². The van der Waals surface area contributed by atoms with Crippen LogP contribution in [-0.2, 0) is 0 Å². The molecule has 0 atom stereocenters. The van der Waals surface area contributed by atoms with Crippen LogP contribution in [0, 0.1) is 13.8 Å². The zero-order chi connectivity index (χ0) is 12.4. The van der Waals surface area contributed by atoms with Gasteiger partial charge in [-0.1, -0.05) is 6.07 Å². The molecule has 0 amide bonds. The molecule has 2 aromatic rings. The van der Waals surface area contributed by atoms with Crippen LogP contribution < -0.4 is 16.8 Å². The van der Waals surface area contributed by atoms with Crippen LogP contribution in [0.5, 0.6) is 0 Å². The maximum atomic E-state index is 5.98. The Morgan fingerprint density at radius 3 is 2.59 bits per heavy atom. The number of benzene rings is 1. The van der Waals surface area contributed by atoms with Crippen molar-refractivity contribution in [1.29, 1.82) is 0 Å². The minimum absolute atomic E-state index is 0.617. The Morgan fingerprint density at radius 1 is 1.12 bits per heavy atom. The van der Waals surface area contributed by atoms with Gasteiger partial charge in [0.2, 0.25) is 0 Å². The quantitative estimate of drug-likeness (QED) is 0.690. The molecule has 0 aliphatic rings. The molecule has 0 saturated carbocycles. The largest absolute Gasteiger partial charge is 0.398 e. The molecule has 0 radical (unpaired) electrons. The molecule has 0 bridgehead atoms. The van der Waals surface area contributed by atoms with Crippen molar-refractivity contribution in [3.8, 4) is 0 Å². The SMILES string of the molecule is Cc1ccc(Nc2ncccc2N)c(C)c1N. The van der Waals surface area contributed by atoms with Gasteiger partial charge in [0.15, 0.2) is 5.82 Å². The first-order chi connectivity index (χ1) is 8.09. The fraction of sp³-hybridized carbons (Fsp3) is 0.154. The molecule has 4 nitrogen and oxygen atoms in total. The highest BCUT2D eigenvalue weighted by molar-refractivity contribution is 5.74. The van der Waals surface area contributed by atoms with Crippen LogP contribution in [0.3, 0.4) is 0 Å². The fourth-order valence-electron chi connectivity index (χ4n) is 1.65. The van der Waals surface area contributed by atoms with Gasteiger partial charge in [-0.05, 0) is 43.2 Å². The van der Waals surface area contributed by atoms with Crippen LogP contribution in [0.25, 0.3) is 0 Å². The second-order valence-electron chi connectivity index (χ2n) is 4.03. The monoisotopic (exact) mass is 228 g/mol. The summed E-state index contributed by atoms with van der Waals surface area (Å²) in [5.74, 6) is 0.652. The summed E-state index contributed by atoms with van der Waals surface area (Å²) < 4.78 is 0. The molecule has 0 fully saturated rings. The Hall–Kier alpha value is -2.23. The molecule has 1 heterocycles. The Kier molecular flexibility index (Phi) is 2.87. The van der Waals surface area contributed by atoms with Crippen molar-refractivity contribution in [2.24, 2.45) is 0 Å². The third-order valence-electron chi connectivity index (χ3n) is 2.82. The lowest BCUT2D eigenvalue weighted by atomic mass is 10.1. The predicted octanol–water partition coefficient (Wildman–Crippen LogP) is 2.61. The van der Waals surface area contributed by atoms with Gasteiger partial charge in [-0.25, -0.2) is 4.98 Å². The lowest BCUT2D eigenvalue weighted by Crippen LogP contribution is -2.02. The van der Waals surface area contributed by atoms with Gasteiger partial charge in [-0.2, -0.15) is 0 Å². The average Bonchev–Trinajstić information content (AvgIpc) is 2.32. The number of nitrogens with two attached hydrogens (primary N) is 2. The number of aryl methyl sites for hydroxylation is 1. The summed E-state index contributed by atoms with van der Waals surface area (Å²) in [6.45, 7) is 3.96. The zero-order valence-electron chi connectivity index (χ0n) is 9.99. The number of anilines is 4. The van der Waals surface area contributed by atoms with E-state index in [1.54, 1.807) is 12.3 Å². The van der Waals surface area contributed by atoms with Gasteiger partial charge in [0.1, 0.15) is 0 Å². The number of nitrogens with one attached hydrogen (secondary N) is 1. The van der Waals surface area contributed by atoms with Gasteiger partial charge < -0.3 is 16.8 Å². The van der Waals surface area contributed by atoms with E-state index in [0.717, 1.165) is 22.5 Å². The number of nitrogen functional groups attached to an aromatic ring is 2. The Balaban J connectivity index is 2.38. The number of aromatic nitrogens is 1. The Labute approximate surface area is 101 Å². The van der Waals surface area contributed by atoms with Crippen molar-refractivity contribution < 1.29 is 0 Å². The molecule has 0 aliphatic carbocycles. The summed E-state index contributed by atoms with van der Waals surface area (Å²) in [6, 6.07) is 7.57. The maximum Gasteiger partial charge on any atom is 0.153 e. The van der Waals surface area contributed by atoms with E-state index in [9.17, 15) is 0 Å². The molecule has 1 aromatic carbocycles. The van der Waals surface area contributed by atoms with Gasteiger partial charge >= 0.3 is 0 Å². The van der Waals surface area contributed by atoms with Gasteiger partial charge in [-0.15, -0.1) is 0 Å². The highest BCUT2D eigenvalue weighted by Crippen LogP contribution is 2.28. The first-order valence-corrected chi connectivity index (χ1v) is 5.43. The Bertz CT molecular complexity index is 549. The van der Waals surface area contributed by atoms with Crippen LogP contribution in [0.15, 0.2) is 30.5 Å². The molecule has 0 unspecified atom stereocenters. The number of hydrogen-bond acceptors (Lipinski definition) is 4. The second kappa shape index (κ2) is 4.33. The molecule has 17 heavy (non-hydrogen) atoms. The maximum absolute atomic E-state index is 5.98. The van der Waals surface area contributed by atoms with Crippen molar-refractivity contribution >= 4 is 22.9 Å². The molecule has 5 N–H and O–H groups in total. The first-order valence-electron chi connectivity index (χ1n) is 5.43. The molecule has 2 rings (SSSR count). The lowest BCUT2D eigenvalue weighted by molar-refractivity contribution is 1.29. The van der Waals surface area contributed by atoms with Crippen LogP contribution in [0.2, 0.25) is 0 Å². The number of rotatable bonds is 2. The molecule has 1 aromatic heterocycles. The van der Waals surface area contributed by atoms with Crippen molar-refractivity contribution in [3.05, 3.63) is 41.6 Å². The van der Waals surface area contributed by atoms with E-state index >= 15 is 0 Å². The lowest BCUT2D eigenvalue weighted by Gasteiger charge is -2.13. The normalized spacial score (nSPS) is 10.2. The number of pyridine rings is 1. The van der Waals surface area contributed by atoms with E-state index < -0.39 is 0 Å². The summed E-state index contributed by atoms with van der Waals surface area (Å²) >= 11 is 0. The van der Waals surface area contributed by atoms with Crippen LogP contribution in [0.1, 0.15) is 11.1 Å². The van der Waals surface area contributed by atoms with E-state index in [1.807, 2.05) is 32.0 Å². The van der Waals surface area contributed by atoms with Crippen molar-refractivity contribution in [3.63, 3.8) is 0 Å². The third-order valence-corrected chi connectivity index (χ3v) is 2.82. The van der Waals surface area contributed by atoms with Crippen molar-refractivity contribution in [2.45, 2.75) is 13.8 Å².